The second-order valence-electron chi connectivity index (χ2n) is 4.38. The zero-order chi connectivity index (χ0) is 13.2. The van der Waals surface area contributed by atoms with Crippen molar-refractivity contribution in [2.24, 2.45) is 0 Å². The molecule has 1 fully saturated rings. The average molecular weight is 246 g/mol. The monoisotopic (exact) mass is 246 g/mol. The third-order valence-electron chi connectivity index (χ3n) is 3.34. The number of nitriles is 1. The molecule has 0 aromatic carbocycles. The van der Waals surface area contributed by atoms with E-state index in [0.29, 0.717) is 26.1 Å². The second kappa shape index (κ2) is 4.75. The lowest BCUT2D eigenvalue weighted by atomic mass is 9.79. The number of pyridine rings is 1. The van der Waals surface area contributed by atoms with E-state index in [1.54, 1.807) is 6.07 Å². The number of carbonyl (C=O) groups is 1. The first-order valence-corrected chi connectivity index (χ1v) is 5.84. The number of ether oxygens (including phenoxy) is 1. The Hall–Kier alpha value is -1.93. The molecule has 0 spiro atoms. The van der Waals surface area contributed by atoms with Crippen LogP contribution >= 0.6 is 0 Å². The molecule has 1 aromatic heterocycles. The van der Waals surface area contributed by atoms with Gasteiger partial charge in [0.2, 0.25) is 0 Å². The Labute approximate surface area is 105 Å². The van der Waals surface area contributed by atoms with Crippen molar-refractivity contribution in [3.63, 3.8) is 0 Å². The molecule has 1 saturated heterocycles. The molecule has 5 nitrogen and oxygen atoms in total. The highest BCUT2D eigenvalue weighted by Crippen LogP contribution is 2.34. The Morgan fingerprint density at radius 2 is 2.50 bits per heavy atom. The SMILES string of the molecule is CCc1cc(C(=O)O)ncc1C1(C#N)CCOC1. The van der Waals surface area contributed by atoms with Crippen LogP contribution in [0, 0.1) is 11.3 Å². The summed E-state index contributed by atoms with van der Waals surface area (Å²) in [6.07, 6.45) is 2.81. The van der Waals surface area contributed by atoms with Crippen molar-refractivity contribution < 1.29 is 14.6 Å². The summed E-state index contributed by atoms with van der Waals surface area (Å²) in [5.74, 6) is -1.05. The van der Waals surface area contributed by atoms with E-state index in [1.807, 2.05) is 6.92 Å². The Morgan fingerprint density at radius 1 is 1.72 bits per heavy atom. The zero-order valence-corrected chi connectivity index (χ0v) is 10.1. The number of hydrogen-bond donors (Lipinski definition) is 1. The Balaban J connectivity index is 2.51. The van der Waals surface area contributed by atoms with Gasteiger partial charge in [-0.15, -0.1) is 0 Å². The summed E-state index contributed by atoms with van der Waals surface area (Å²) in [5.41, 5.74) is 1.00. The molecule has 1 unspecified atom stereocenters. The van der Waals surface area contributed by atoms with E-state index >= 15 is 0 Å². The van der Waals surface area contributed by atoms with Crippen LogP contribution in [0.5, 0.6) is 0 Å². The molecule has 18 heavy (non-hydrogen) atoms. The summed E-state index contributed by atoms with van der Waals surface area (Å²) in [4.78, 5) is 14.8. The van der Waals surface area contributed by atoms with Crippen LogP contribution in [0.15, 0.2) is 12.3 Å². The van der Waals surface area contributed by atoms with Crippen LogP contribution in [0.3, 0.4) is 0 Å². The first-order valence-electron chi connectivity index (χ1n) is 5.84. The molecule has 1 aromatic rings. The minimum absolute atomic E-state index is 0.0163. The van der Waals surface area contributed by atoms with Crippen LogP contribution in [0.25, 0.3) is 0 Å². The molecule has 1 aliphatic heterocycles. The third kappa shape index (κ3) is 1.95. The predicted octanol–water partition coefficient (Wildman–Crippen LogP) is 1.52. The molecule has 0 saturated carbocycles. The van der Waals surface area contributed by atoms with E-state index in [2.05, 4.69) is 11.1 Å². The fraction of sp³-hybridized carbons (Fsp3) is 0.462. The largest absolute Gasteiger partial charge is 0.477 e. The number of carboxylic acids is 1. The number of aromatic carboxylic acids is 1. The van der Waals surface area contributed by atoms with E-state index < -0.39 is 11.4 Å². The number of aryl methyl sites for hydroxylation is 1. The predicted molar refractivity (Wildman–Crippen MR) is 63.3 cm³/mol. The molecule has 0 bridgehead atoms. The molecule has 1 atom stereocenters. The number of rotatable bonds is 3. The fourth-order valence-corrected chi connectivity index (χ4v) is 2.26. The fourth-order valence-electron chi connectivity index (χ4n) is 2.26. The first kappa shape index (κ1) is 12.5. The van der Waals surface area contributed by atoms with E-state index in [1.165, 1.54) is 6.20 Å². The minimum atomic E-state index is -1.05. The van der Waals surface area contributed by atoms with Crippen molar-refractivity contribution in [2.45, 2.75) is 25.2 Å². The van der Waals surface area contributed by atoms with E-state index in [9.17, 15) is 10.1 Å². The summed E-state index contributed by atoms with van der Waals surface area (Å²) in [6, 6.07) is 3.86. The maximum absolute atomic E-state index is 10.9. The lowest BCUT2D eigenvalue weighted by Gasteiger charge is -2.21. The van der Waals surface area contributed by atoms with E-state index in [0.717, 1.165) is 11.1 Å². The van der Waals surface area contributed by atoms with Gasteiger partial charge in [0.1, 0.15) is 11.1 Å². The van der Waals surface area contributed by atoms with Crippen LogP contribution in [-0.4, -0.2) is 29.3 Å². The lowest BCUT2D eigenvalue weighted by Crippen LogP contribution is -2.26. The number of carboxylic acid groups (broad SMARTS) is 1. The van der Waals surface area contributed by atoms with Gasteiger partial charge in [-0.3, -0.25) is 0 Å². The van der Waals surface area contributed by atoms with Gasteiger partial charge in [-0.1, -0.05) is 6.92 Å². The van der Waals surface area contributed by atoms with Gasteiger partial charge < -0.3 is 9.84 Å². The van der Waals surface area contributed by atoms with Crippen LogP contribution in [0.2, 0.25) is 0 Å². The van der Waals surface area contributed by atoms with Crippen molar-refractivity contribution in [1.82, 2.24) is 4.98 Å². The summed E-state index contributed by atoms with van der Waals surface area (Å²) in [6.45, 7) is 2.84. The normalized spacial score (nSPS) is 22.7. The quantitative estimate of drug-likeness (QED) is 0.874. The van der Waals surface area contributed by atoms with E-state index in [-0.39, 0.29) is 5.69 Å². The molecule has 94 valence electrons. The molecular formula is C13H14N2O3. The maximum atomic E-state index is 10.9. The molecule has 1 aliphatic rings. The molecule has 0 amide bonds. The van der Waals surface area contributed by atoms with Gasteiger partial charge in [0.05, 0.1) is 12.7 Å². The Kier molecular flexibility index (Phi) is 3.30. The second-order valence-corrected chi connectivity index (χ2v) is 4.38. The first-order chi connectivity index (χ1) is 8.63. The van der Waals surface area contributed by atoms with Crippen LogP contribution in [0.4, 0.5) is 0 Å². The summed E-state index contributed by atoms with van der Waals surface area (Å²) in [7, 11) is 0. The van der Waals surface area contributed by atoms with Crippen LogP contribution in [0.1, 0.15) is 35.0 Å². The smallest absolute Gasteiger partial charge is 0.354 e. The van der Waals surface area contributed by atoms with Crippen molar-refractivity contribution in [2.75, 3.05) is 13.2 Å². The van der Waals surface area contributed by atoms with Gasteiger partial charge >= 0.3 is 5.97 Å². The van der Waals surface area contributed by atoms with Crippen molar-refractivity contribution in [1.29, 1.82) is 5.26 Å². The van der Waals surface area contributed by atoms with Crippen molar-refractivity contribution in [3.8, 4) is 6.07 Å². The van der Waals surface area contributed by atoms with Gasteiger partial charge in [-0.25, -0.2) is 9.78 Å². The van der Waals surface area contributed by atoms with Gasteiger partial charge in [0.15, 0.2) is 0 Å². The van der Waals surface area contributed by atoms with E-state index in [4.69, 9.17) is 9.84 Å². The van der Waals surface area contributed by atoms with Crippen molar-refractivity contribution in [3.05, 3.63) is 29.1 Å². The average Bonchev–Trinajstić information content (AvgIpc) is 2.87. The van der Waals surface area contributed by atoms with Gasteiger partial charge in [0.25, 0.3) is 0 Å². The van der Waals surface area contributed by atoms with Gasteiger partial charge in [0, 0.05) is 12.8 Å². The Morgan fingerprint density at radius 3 is 3.00 bits per heavy atom. The van der Waals surface area contributed by atoms with Gasteiger partial charge in [-0.05, 0) is 30.0 Å². The topological polar surface area (TPSA) is 83.2 Å². The van der Waals surface area contributed by atoms with Crippen LogP contribution < -0.4 is 0 Å². The highest BCUT2D eigenvalue weighted by molar-refractivity contribution is 5.85. The summed E-state index contributed by atoms with van der Waals surface area (Å²) in [5, 5.41) is 18.3. The number of aromatic nitrogens is 1. The minimum Gasteiger partial charge on any atom is -0.477 e. The Bertz CT molecular complexity index is 513. The summed E-state index contributed by atoms with van der Waals surface area (Å²) < 4.78 is 5.32. The van der Waals surface area contributed by atoms with Crippen LogP contribution in [-0.2, 0) is 16.6 Å². The highest BCUT2D eigenvalue weighted by Gasteiger charge is 2.39. The molecule has 5 heteroatoms. The molecule has 2 heterocycles. The zero-order valence-electron chi connectivity index (χ0n) is 10.1. The highest BCUT2D eigenvalue weighted by atomic mass is 16.5. The molecule has 0 radical (unpaired) electrons. The molecule has 1 N–H and O–H groups in total. The third-order valence-corrected chi connectivity index (χ3v) is 3.34. The molecule has 0 aliphatic carbocycles. The summed E-state index contributed by atoms with van der Waals surface area (Å²) >= 11 is 0. The number of nitrogens with zero attached hydrogens (tertiary/aromatic N) is 2. The van der Waals surface area contributed by atoms with Crippen molar-refractivity contribution >= 4 is 5.97 Å². The standard InChI is InChI=1S/C13H14N2O3/c1-2-9-5-11(12(16)17)15-6-10(9)13(7-14)3-4-18-8-13/h5-6H,2-4,8H2,1H3,(H,16,17). The molecular weight excluding hydrogens is 232 g/mol. The lowest BCUT2D eigenvalue weighted by molar-refractivity contribution is 0.0690. The molecule has 2 rings (SSSR count). The number of hydrogen-bond acceptors (Lipinski definition) is 4. The maximum Gasteiger partial charge on any atom is 0.354 e. The van der Waals surface area contributed by atoms with Gasteiger partial charge in [-0.2, -0.15) is 5.26 Å².